The zero-order chi connectivity index (χ0) is 19.1. The number of amides is 1. The Morgan fingerprint density at radius 1 is 1.29 bits per heavy atom. The van der Waals surface area contributed by atoms with Crippen molar-refractivity contribution in [3.8, 4) is 0 Å². The van der Waals surface area contributed by atoms with Gasteiger partial charge >= 0.3 is 0 Å². The number of hydrogen-bond donors (Lipinski definition) is 0. The summed E-state index contributed by atoms with van der Waals surface area (Å²) in [5.41, 5.74) is 3.07. The van der Waals surface area contributed by atoms with Crippen LogP contribution in [0.4, 0.5) is 0 Å². The molecular weight excluding hydrogens is 350 g/mol. The maximum Gasteiger partial charge on any atom is 0.231 e. The van der Waals surface area contributed by atoms with Crippen molar-refractivity contribution in [1.82, 2.24) is 15.0 Å². The molecule has 0 spiro atoms. The number of aromatic nitrogens is 1. The molecule has 28 heavy (non-hydrogen) atoms. The minimum atomic E-state index is -0.298. The monoisotopic (exact) mass is 379 g/mol. The van der Waals surface area contributed by atoms with Crippen molar-refractivity contribution in [3.05, 3.63) is 53.4 Å². The highest BCUT2D eigenvalue weighted by atomic mass is 16.5. The van der Waals surface area contributed by atoms with E-state index in [1.54, 1.807) is 6.26 Å². The van der Waals surface area contributed by atoms with Gasteiger partial charge in [0.15, 0.2) is 0 Å². The lowest BCUT2D eigenvalue weighted by atomic mass is 9.68. The van der Waals surface area contributed by atoms with Crippen molar-refractivity contribution in [2.45, 2.75) is 64.1 Å². The van der Waals surface area contributed by atoms with Gasteiger partial charge in [-0.3, -0.25) is 9.69 Å². The second-order valence-electron chi connectivity index (χ2n) is 8.77. The molecule has 2 saturated heterocycles. The molecule has 1 amide bonds. The molecule has 148 valence electrons. The van der Waals surface area contributed by atoms with Crippen LogP contribution in [0, 0.1) is 5.41 Å². The number of carbonyl (C=O) groups is 1. The smallest absolute Gasteiger partial charge is 0.231 e. The Kier molecular flexibility index (Phi) is 4.50. The molecule has 2 bridgehead atoms. The normalized spacial score (nSPS) is 29.2. The van der Waals surface area contributed by atoms with Crippen LogP contribution in [0.3, 0.4) is 0 Å². The average molecular weight is 380 g/mol. The van der Waals surface area contributed by atoms with E-state index >= 15 is 0 Å². The van der Waals surface area contributed by atoms with Gasteiger partial charge in [0.1, 0.15) is 6.26 Å². The minimum Gasteiger partial charge on any atom is -0.364 e. The summed E-state index contributed by atoms with van der Waals surface area (Å²) in [6.45, 7) is 4.74. The number of fused-ring (bicyclic) bond motifs is 3. The lowest BCUT2D eigenvalue weighted by molar-refractivity contribution is -0.145. The van der Waals surface area contributed by atoms with Gasteiger partial charge in [-0.2, -0.15) is 0 Å². The molecular formula is C23H29N3O2. The lowest BCUT2D eigenvalue weighted by Gasteiger charge is -2.41. The number of rotatable bonds is 5. The van der Waals surface area contributed by atoms with Crippen LogP contribution in [0.5, 0.6) is 0 Å². The molecule has 0 unspecified atom stereocenters. The van der Waals surface area contributed by atoms with Crippen LogP contribution in [-0.4, -0.2) is 46.0 Å². The fourth-order valence-electron chi connectivity index (χ4n) is 5.99. The molecule has 0 radical (unpaired) electrons. The molecule has 5 rings (SSSR count). The molecule has 3 aliphatic rings. The summed E-state index contributed by atoms with van der Waals surface area (Å²) in [6.07, 6.45) is 7.89. The van der Waals surface area contributed by atoms with E-state index < -0.39 is 0 Å². The van der Waals surface area contributed by atoms with Crippen molar-refractivity contribution >= 4 is 5.91 Å². The highest BCUT2D eigenvalue weighted by molar-refractivity contribution is 5.85. The minimum absolute atomic E-state index is 0.298. The van der Waals surface area contributed by atoms with Crippen molar-refractivity contribution in [3.63, 3.8) is 0 Å². The molecule has 3 aliphatic heterocycles. The van der Waals surface area contributed by atoms with Gasteiger partial charge in [0.05, 0.1) is 17.7 Å². The number of benzene rings is 1. The molecule has 5 heteroatoms. The van der Waals surface area contributed by atoms with Gasteiger partial charge in [0.25, 0.3) is 0 Å². The summed E-state index contributed by atoms with van der Waals surface area (Å²) in [6, 6.07) is 11.5. The summed E-state index contributed by atoms with van der Waals surface area (Å²) in [5.74, 6) is 0.344. The predicted octanol–water partition coefficient (Wildman–Crippen LogP) is 3.44. The molecule has 5 nitrogen and oxygen atoms in total. The largest absolute Gasteiger partial charge is 0.364 e. The van der Waals surface area contributed by atoms with Crippen LogP contribution in [0.1, 0.15) is 49.4 Å². The Balaban J connectivity index is 1.47. The van der Waals surface area contributed by atoms with Gasteiger partial charge in [-0.05, 0) is 44.2 Å². The van der Waals surface area contributed by atoms with E-state index in [2.05, 4.69) is 52.2 Å². The molecule has 2 fully saturated rings. The Morgan fingerprint density at radius 3 is 2.96 bits per heavy atom. The summed E-state index contributed by atoms with van der Waals surface area (Å²) in [5, 5.41) is 4.09. The van der Waals surface area contributed by atoms with E-state index in [1.165, 1.54) is 12.0 Å². The standard InChI is InChI=1S/C23H29N3O2/c1-2-11-26-19-8-9-21(26)23(14-19,13-17-6-4-3-5-7-17)22(27)25-12-10-20-18(15-25)16-28-24-20/h3-7,16,19,21H,2,8-15H2,1H3/t19-,21+,23+/m0/s1. The zero-order valence-corrected chi connectivity index (χ0v) is 16.6. The summed E-state index contributed by atoms with van der Waals surface area (Å²) in [4.78, 5) is 18.8. The van der Waals surface area contributed by atoms with E-state index in [0.29, 0.717) is 24.5 Å². The van der Waals surface area contributed by atoms with Crippen molar-refractivity contribution in [1.29, 1.82) is 0 Å². The maximum absolute atomic E-state index is 14.0. The van der Waals surface area contributed by atoms with Gasteiger partial charge in [-0.15, -0.1) is 0 Å². The predicted molar refractivity (Wildman–Crippen MR) is 107 cm³/mol. The number of carbonyl (C=O) groups excluding carboxylic acids is 1. The number of nitrogens with zero attached hydrogens (tertiary/aromatic N) is 3. The molecule has 0 N–H and O–H groups in total. The van der Waals surface area contributed by atoms with Crippen molar-refractivity contribution in [2.75, 3.05) is 13.1 Å². The first-order chi connectivity index (χ1) is 13.7. The third kappa shape index (κ3) is 2.79. The molecule has 1 aromatic heterocycles. The highest BCUT2D eigenvalue weighted by Crippen LogP contribution is 2.52. The van der Waals surface area contributed by atoms with Gasteiger partial charge < -0.3 is 9.42 Å². The molecule has 0 aliphatic carbocycles. The second kappa shape index (κ2) is 7.03. The highest BCUT2D eigenvalue weighted by Gasteiger charge is 2.60. The van der Waals surface area contributed by atoms with E-state index in [9.17, 15) is 4.79 Å². The van der Waals surface area contributed by atoms with E-state index in [-0.39, 0.29) is 5.41 Å². The molecule has 1 aromatic carbocycles. The topological polar surface area (TPSA) is 49.6 Å². The van der Waals surface area contributed by atoms with Gasteiger partial charge in [0, 0.05) is 30.6 Å². The van der Waals surface area contributed by atoms with Gasteiger partial charge in [-0.25, -0.2) is 0 Å². The maximum atomic E-state index is 14.0. The summed E-state index contributed by atoms with van der Waals surface area (Å²) in [7, 11) is 0. The van der Waals surface area contributed by atoms with Crippen LogP contribution in [0.2, 0.25) is 0 Å². The first kappa shape index (κ1) is 17.9. The van der Waals surface area contributed by atoms with Crippen molar-refractivity contribution < 1.29 is 9.32 Å². The fourth-order valence-corrected chi connectivity index (χ4v) is 5.99. The third-order valence-corrected chi connectivity index (χ3v) is 7.15. The van der Waals surface area contributed by atoms with Gasteiger partial charge in [0.2, 0.25) is 5.91 Å². The molecule has 4 heterocycles. The van der Waals surface area contributed by atoms with Crippen LogP contribution < -0.4 is 0 Å². The van der Waals surface area contributed by atoms with E-state index in [1.807, 2.05) is 0 Å². The van der Waals surface area contributed by atoms with Crippen LogP contribution in [0.15, 0.2) is 41.1 Å². The lowest BCUT2D eigenvalue weighted by Crippen LogP contribution is -2.53. The Morgan fingerprint density at radius 2 is 2.14 bits per heavy atom. The third-order valence-electron chi connectivity index (χ3n) is 7.15. The summed E-state index contributed by atoms with van der Waals surface area (Å²) < 4.78 is 5.14. The second-order valence-corrected chi connectivity index (χ2v) is 8.77. The van der Waals surface area contributed by atoms with Crippen molar-refractivity contribution in [2.24, 2.45) is 5.41 Å². The summed E-state index contributed by atoms with van der Waals surface area (Å²) >= 11 is 0. The van der Waals surface area contributed by atoms with Gasteiger partial charge in [-0.1, -0.05) is 42.4 Å². The first-order valence-corrected chi connectivity index (χ1v) is 10.7. The molecule has 2 aromatic rings. The SMILES string of the molecule is CCCN1[C@H]2CC[C@@H]1[C@](Cc1ccccc1)(C(=O)N1CCc3nocc3C1)C2. The number of hydrogen-bond acceptors (Lipinski definition) is 4. The quantitative estimate of drug-likeness (QED) is 0.799. The molecule has 3 atom stereocenters. The van der Waals surface area contributed by atoms with E-state index in [4.69, 9.17) is 4.52 Å². The Hall–Kier alpha value is -2.14. The molecule has 0 saturated carbocycles. The Labute approximate surface area is 166 Å². The van der Waals surface area contributed by atoms with E-state index in [0.717, 1.165) is 56.5 Å². The Bertz CT molecular complexity index is 849. The van der Waals surface area contributed by atoms with Crippen LogP contribution in [0.25, 0.3) is 0 Å². The average Bonchev–Trinajstić information content (AvgIpc) is 3.42. The van der Waals surface area contributed by atoms with Crippen LogP contribution in [-0.2, 0) is 24.2 Å². The first-order valence-electron chi connectivity index (χ1n) is 10.7. The van der Waals surface area contributed by atoms with Crippen LogP contribution >= 0.6 is 0 Å². The zero-order valence-electron chi connectivity index (χ0n) is 16.6. The fraction of sp³-hybridized carbons (Fsp3) is 0.565.